The van der Waals surface area contributed by atoms with Crippen molar-refractivity contribution in [2.75, 3.05) is 32.5 Å². The Balaban J connectivity index is 0.00000392. The van der Waals surface area contributed by atoms with Crippen molar-refractivity contribution in [1.29, 1.82) is 0 Å². The van der Waals surface area contributed by atoms with Crippen LogP contribution in [0.3, 0.4) is 0 Å². The van der Waals surface area contributed by atoms with Gasteiger partial charge in [0.2, 0.25) is 0 Å². The summed E-state index contributed by atoms with van der Waals surface area (Å²) in [6.45, 7) is 4.80. The van der Waals surface area contributed by atoms with Crippen LogP contribution in [0.25, 0.3) is 0 Å². The standard InChI is InChI=1S/C18H31N5O3S.HI/c1-14(2)26-17-10-8-15(9-11-17)21-18(19)20-13-16-7-5-6-12-23(16)27(24,25)22(3)4;/h8-11,14,16H,5-7,12-13H2,1-4H3,(H3,19,20,21);1H. The largest absolute Gasteiger partial charge is 0.491 e. The summed E-state index contributed by atoms with van der Waals surface area (Å²) >= 11 is 0. The molecule has 1 aromatic carbocycles. The van der Waals surface area contributed by atoms with E-state index in [1.807, 2.05) is 38.1 Å². The molecule has 0 aliphatic carbocycles. The number of nitrogens with zero attached hydrogens (tertiary/aromatic N) is 3. The fourth-order valence-electron chi connectivity index (χ4n) is 2.95. The monoisotopic (exact) mass is 525 g/mol. The van der Waals surface area contributed by atoms with E-state index in [0.717, 1.165) is 30.7 Å². The number of ether oxygens (including phenoxy) is 1. The molecule has 0 saturated carbocycles. The summed E-state index contributed by atoms with van der Waals surface area (Å²) in [7, 11) is -0.352. The number of rotatable bonds is 7. The molecule has 8 nitrogen and oxygen atoms in total. The molecule has 1 aliphatic rings. The minimum absolute atomic E-state index is 0. The second-order valence-corrected chi connectivity index (χ2v) is 9.19. The minimum Gasteiger partial charge on any atom is -0.491 e. The highest BCUT2D eigenvalue weighted by Gasteiger charge is 2.33. The molecule has 1 heterocycles. The highest BCUT2D eigenvalue weighted by molar-refractivity contribution is 14.0. The molecular formula is C18H32IN5O3S. The molecule has 0 spiro atoms. The van der Waals surface area contributed by atoms with Gasteiger partial charge < -0.3 is 15.8 Å². The van der Waals surface area contributed by atoms with E-state index in [4.69, 9.17) is 10.5 Å². The van der Waals surface area contributed by atoms with E-state index in [9.17, 15) is 8.42 Å². The van der Waals surface area contributed by atoms with Gasteiger partial charge in [-0.3, -0.25) is 4.99 Å². The lowest BCUT2D eigenvalue weighted by Crippen LogP contribution is -2.50. The van der Waals surface area contributed by atoms with E-state index in [-0.39, 0.29) is 42.1 Å². The zero-order valence-corrected chi connectivity index (χ0v) is 20.1. The fourth-order valence-corrected chi connectivity index (χ4v) is 4.28. The van der Waals surface area contributed by atoms with Crippen molar-refractivity contribution in [1.82, 2.24) is 8.61 Å². The molecule has 1 atom stereocenters. The number of halogens is 1. The van der Waals surface area contributed by atoms with Gasteiger partial charge in [0.25, 0.3) is 10.2 Å². The maximum Gasteiger partial charge on any atom is 0.281 e. The third-order valence-corrected chi connectivity index (χ3v) is 6.30. The third kappa shape index (κ3) is 7.05. The first-order chi connectivity index (χ1) is 12.7. The quantitative estimate of drug-likeness (QED) is 0.324. The summed E-state index contributed by atoms with van der Waals surface area (Å²) in [4.78, 5) is 4.36. The topological polar surface area (TPSA) is 100 Å². The molecule has 10 heteroatoms. The van der Waals surface area contributed by atoms with Crippen LogP contribution in [0.15, 0.2) is 29.3 Å². The second kappa shape index (κ2) is 11.2. The Hall–Kier alpha value is -1.11. The first kappa shape index (κ1) is 24.9. The van der Waals surface area contributed by atoms with E-state index in [2.05, 4.69) is 10.3 Å². The molecule has 0 radical (unpaired) electrons. The number of piperidine rings is 1. The van der Waals surface area contributed by atoms with Crippen LogP contribution < -0.4 is 15.8 Å². The number of benzene rings is 1. The average Bonchev–Trinajstić information content (AvgIpc) is 2.61. The van der Waals surface area contributed by atoms with Crippen LogP contribution in [0.1, 0.15) is 33.1 Å². The van der Waals surface area contributed by atoms with E-state index < -0.39 is 10.2 Å². The van der Waals surface area contributed by atoms with Gasteiger partial charge >= 0.3 is 0 Å². The molecule has 2 rings (SSSR count). The van der Waals surface area contributed by atoms with Gasteiger partial charge in [-0.1, -0.05) is 6.42 Å². The van der Waals surface area contributed by atoms with Crippen LogP contribution in [0.2, 0.25) is 0 Å². The van der Waals surface area contributed by atoms with Crippen molar-refractivity contribution in [3.05, 3.63) is 24.3 Å². The van der Waals surface area contributed by atoms with Gasteiger partial charge in [-0.05, 0) is 51.0 Å². The molecule has 0 bridgehead atoms. The lowest BCUT2D eigenvalue weighted by molar-refractivity contribution is 0.242. The Morgan fingerprint density at radius 3 is 2.54 bits per heavy atom. The summed E-state index contributed by atoms with van der Waals surface area (Å²) in [6, 6.07) is 7.28. The zero-order chi connectivity index (χ0) is 20.0. The van der Waals surface area contributed by atoms with Gasteiger partial charge in [0, 0.05) is 32.4 Å². The Morgan fingerprint density at radius 2 is 1.96 bits per heavy atom. The molecule has 1 saturated heterocycles. The van der Waals surface area contributed by atoms with Crippen molar-refractivity contribution >= 4 is 45.8 Å². The van der Waals surface area contributed by atoms with Crippen molar-refractivity contribution in [2.45, 2.75) is 45.3 Å². The number of guanidine groups is 1. The molecule has 0 amide bonds. The normalized spacial score (nSPS) is 18.8. The number of hydrogen-bond acceptors (Lipinski definition) is 4. The van der Waals surface area contributed by atoms with Crippen LogP contribution in [0, 0.1) is 0 Å². The predicted octanol–water partition coefficient (Wildman–Crippen LogP) is 2.48. The lowest BCUT2D eigenvalue weighted by atomic mass is 10.1. The van der Waals surface area contributed by atoms with E-state index in [1.165, 1.54) is 8.61 Å². The zero-order valence-electron chi connectivity index (χ0n) is 17.0. The van der Waals surface area contributed by atoms with Crippen LogP contribution >= 0.6 is 24.0 Å². The molecule has 3 N–H and O–H groups in total. The first-order valence-corrected chi connectivity index (χ1v) is 10.6. The number of anilines is 1. The molecule has 1 aliphatic heterocycles. The van der Waals surface area contributed by atoms with Crippen molar-refractivity contribution in [3.8, 4) is 5.75 Å². The lowest BCUT2D eigenvalue weighted by Gasteiger charge is -2.35. The smallest absolute Gasteiger partial charge is 0.281 e. The number of aliphatic imine (C=N–C) groups is 1. The van der Waals surface area contributed by atoms with E-state index in [1.54, 1.807) is 14.1 Å². The minimum atomic E-state index is -3.45. The molecule has 160 valence electrons. The number of nitrogens with two attached hydrogens (primary N) is 1. The number of nitrogens with one attached hydrogen (secondary N) is 1. The molecular weight excluding hydrogens is 493 g/mol. The summed E-state index contributed by atoms with van der Waals surface area (Å²) in [6.07, 6.45) is 2.76. The molecule has 28 heavy (non-hydrogen) atoms. The SMILES string of the molecule is CC(C)Oc1ccc(NC(N)=NCC2CCCCN2S(=O)(=O)N(C)C)cc1.I. The van der Waals surface area contributed by atoms with Gasteiger partial charge in [-0.15, -0.1) is 24.0 Å². The summed E-state index contributed by atoms with van der Waals surface area (Å²) in [5.74, 6) is 1.05. The predicted molar refractivity (Wildman–Crippen MR) is 125 cm³/mol. The maximum atomic E-state index is 12.5. The van der Waals surface area contributed by atoms with Crippen LogP contribution in [0.4, 0.5) is 5.69 Å². The highest BCUT2D eigenvalue weighted by atomic mass is 127. The number of hydrogen-bond donors (Lipinski definition) is 2. The van der Waals surface area contributed by atoms with E-state index >= 15 is 0 Å². The van der Waals surface area contributed by atoms with Gasteiger partial charge in [0.05, 0.1) is 12.6 Å². The Kier molecular flexibility index (Phi) is 9.95. The van der Waals surface area contributed by atoms with Crippen molar-refractivity contribution in [3.63, 3.8) is 0 Å². The van der Waals surface area contributed by atoms with Gasteiger partial charge in [0.1, 0.15) is 5.75 Å². The molecule has 0 aromatic heterocycles. The van der Waals surface area contributed by atoms with Gasteiger partial charge in [-0.25, -0.2) is 0 Å². The summed E-state index contributed by atoms with van der Waals surface area (Å²) in [5.41, 5.74) is 6.79. The first-order valence-electron chi connectivity index (χ1n) is 9.23. The maximum absolute atomic E-state index is 12.5. The Morgan fingerprint density at radius 1 is 1.32 bits per heavy atom. The van der Waals surface area contributed by atoms with Crippen LogP contribution in [-0.2, 0) is 10.2 Å². The van der Waals surface area contributed by atoms with Crippen LogP contribution in [-0.4, -0.2) is 62.3 Å². The summed E-state index contributed by atoms with van der Waals surface area (Å²) in [5, 5.41) is 3.03. The summed E-state index contributed by atoms with van der Waals surface area (Å²) < 4.78 is 33.4. The fraction of sp³-hybridized carbons (Fsp3) is 0.611. The Labute approximate surface area is 185 Å². The molecule has 1 unspecified atom stereocenters. The van der Waals surface area contributed by atoms with Crippen molar-refractivity contribution in [2.24, 2.45) is 10.7 Å². The average molecular weight is 525 g/mol. The molecule has 1 aromatic rings. The third-order valence-electron chi connectivity index (χ3n) is 4.30. The van der Waals surface area contributed by atoms with Gasteiger partial charge in [0.15, 0.2) is 5.96 Å². The van der Waals surface area contributed by atoms with Crippen LogP contribution in [0.5, 0.6) is 5.75 Å². The second-order valence-electron chi connectivity index (χ2n) is 7.09. The Bertz CT molecular complexity index is 738. The van der Waals surface area contributed by atoms with E-state index in [0.29, 0.717) is 13.1 Å². The molecule has 1 fully saturated rings. The van der Waals surface area contributed by atoms with Gasteiger partial charge in [-0.2, -0.15) is 17.0 Å². The van der Waals surface area contributed by atoms with Crippen molar-refractivity contribution < 1.29 is 13.2 Å². The highest BCUT2D eigenvalue weighted by Crippen LogP contribution is 2.22.